The largest absolute Gasteiger partial charge is 0.353 e. The van der Waals surface area contributed by atoms with E-state index in [4.69, 9.17) is 0 Å². The Morgan fingerprint density at radius 1 is 1.33 bits per heavy atom. The number of hydrogen-bond acceptors (Lipinski definition) is 2. The highest BCUT2D eigenvalue weighted by Gasteiger charge is 2.25. The Morgan fingerprint density at radius 2 is 2.06 bits per heavy atom. The van der Waals surface area contributed by atoms with Crippen molar-refractivity contribution in [3.8, 4) is 0 Å². The van der Waals surface area contributed by atoms with E-state index in [1.165, 1.54) is 17.9 Å². The molecule has 6 heteroatoms. The van der Waals surface area contributed by atoms with E-state index in [2.05, 4.69) is 5.32 Å². The Morgan fingerprint density at radius 3 is 2.72 bits per heavy atom. The van der Waals surface area contributed by atoms with Crippen molar-refractivity contribution in [1.82, 2.24) is 10.2 Å². The molecule has 0 unspecified atom stereocenters. The quantitative estimate of drug-likeness (QED) is 0.807. The number of rotatable bonds is 1. The second-order valence-electron chi connectivity index (χ2n) is 4.16. The van der Waals surface area contributed by atoms with Crippen LogP contribution < -0.4 is 5.32 Å². The first-order valence-electron chi connectivity index (χ1n) is 5.50. The Hall–Kier alpha value is -1.98. The van der Waals surface area contributed by atoms with Gasteiger partial charge >= 0.3 is 0 Å². The number of carbonyl (C=O) groups excluding carboxylic acids is 2. The molecular formula is C12H12F2N2O2. The normalized spacial score (nSPS) is 15.5. The molecule has 0 spiro atoms. The van der Waals surface area contributed by atoms with Gasteiger partial charge in [-0.1, -0.05) is 0 Å². The minimum atomic E-state index is -0.908. The number of halogens is 2. The fourth-order valence-electron chi connectivity index (χ4n) is 1.80. The molecule has 1 N–H and O–H groups in total. The van der Waals surface area contributed by atoms with Crippen LogP contribution in [0.2, 0.25) is 0 Å². The van der Waals surface area contributed by atoms with Crippen molar-refractivity contribution in [3.05, 3.63) is 34.9 Å². The highest BCUT2D eigenvalue weighted by atomic mass is 19.1. The Bertz CT molecular complexity index is 517. The third kappa shape index (κ3) is 2.32. The van der Waals surface area contributed by atoms with Crippen LogP contribution in [0.5, 0.6) is 0 Å². The summed E-state index contributed by atoms with van der Waals surface area (Å²) in [6.45, 7) is 2.01. The monoisotopic (exact) mass is 254 g/mol. The molecule has 0 aromatic heterocycles. The summed E-state index contributed by atoms with van der Waals surface area (Å²) in [7, 11) is 0. The molecule has 1 aliphatic rings. The lowest BCUT2D eigenvalue weighted by Gasteiger charge is -2.26. The average molecular weight is 254 g/mol. The van der Waals surface area contributed by atoms with Gasteiger partial charge in [-0.15, -0.1) is 0 Å². The first kappa shape index (κ1) is 12.5. The highest BCUT2D eigenvalue weighted by molar-refractivity contribution is 5.97. The van der Waals surface area contributed by atoms with Crippen molar-refractivity contribution in [2.24, 2.45) is 0 Å². The summed E-state index contributed by atoms with van der Waals surface area (Å²) in [6, 6.07) is 1.85. The van der Waals surface area contributed by atoms with Crippen molar-refractivity contribution in [1.29, 1.82) is 0 Å². The van der Waals surface area contributed by atoms with Gasteiger partial charge in [0.05, 0.1) is 12.1 Å². The van der Waals surface area contributed by atoms with Gasteiger partial charge in [-0.2, -0.15) is 0 Å². The maximum absolute atomic E-state index is 13.5. The van der Waals surface area contributed by atoms with Gasteiger partial charge in [-0.25, -0.2) is 8.78 Å². The Balaban J connectivity index is 2.28. The van der Waals surface area contributed by atoms with Crippen molar-refractivity contribution in [2.45, 2.75) is 6.92 Å². The summed E-state index contributed by atoms with van der Waals surface area (Å²) in [4.78, 5) is 24.4. The van der Waals surface area contributed by atoms with Crippen LogP contribution in [-0.2, 0) is 4.79 Å². The van der Waals surface area contributed by atoms with Gasteiger partial charge in [0, 0.05) is 19.2 Å². The number of hydrogen-bond donors (Lipinski definition) is 1. The summed E-state index contributed by atoms with van der Waals surface area (Å²) >= 11 is 0. The smallest absolute Gasteiger partial charge is 0.257 e. The SMILES string of the molecule is Cc1cc(C(=O)N2CCNC(=O)C2)c(F)cc1F. The Kier molecular flexibility index (Phi) is 3.27. The predicted molar refractivity (Wildman–Crippen MR) is 60.0 cm³/mol. The summed E-state index contributed by atoms with van der Waals surface area (Å²) in [5.74, 6) is -2.48. The van der Waals surface area contributed by atoms with Crippen molar-refractivity contribution in [2.75, 3.05) is 19.6 Å². The van der Waals surface area contributed by atoms with E-state index in [0.29, 0.717) is 19.2 Å². The molecule has 2 amide bonds. The van der Waals surface area contributed by atoms with E-state index >= 15 is 0 Å². The van der Waals surface area contributed by atoms with Gasteiger partial charge in [0.1, 0.15) is 11.6 Å². The zero-order valence-electron chi connectivity index (χ0n) is 9.80. The minimum absolute atomic E-state index is 0.102. The third-order valence-electron chi connectivity index (χ3n) is 2.80. The zero-order valence-corrected chi connectivity index (χ0v) is 9.80. The van der Waals surface area contributed by atoms with E-state index < -0.39 is 17.5 Å². The fraction of sp³-hybridized carbons (Fsp3) is 0.333. The molecule has 2 rings (SSSR count). The molecular weight excluding hydrogens is 242 g/mol. The maximum atomic E-state index is 13.5. The average Bonchev–Trinajstić information content (AvgIpc) is 2.33. The molecule has 0 atom stereocenters. The molecule has 1 aromatic rings. The molecule has 0 saturated carbocycles. The van der Waals surface area contributed by atoms with E-state index in [-0.39, 0.29) is 23.6 Å². The third-order valence-corrected chi connectivity index (χ3v) is 2.80. The maximum Gasteiger partial charge on any atom is 0.257 e. The molecule has 1 heterocycles. The number of carbonyl (C=O) groups is 2. The van der Waals surface area contributed by atoms with Gasteiger partial charge in [-0.3, -0.25) is 9.59 Å². The van der Waals surface area contributed by atoms with Gasteiger partial charge in [-0.05, 0) is 18.6 Å². The molecule has 0 aliphatic carbocycles. The van der Waals surface area contributed by atoms with Gasteiger partial charge in [0.2, 0.25) is 5.91 Å². The van der Waals surface area contributed by atoms with E-state index in [0.717, 1.165) is 0 Å². The minimum Gasteiger partial charge on any atom is -0.353 e. The van der Waals surface area contributed by atoms with Crippen molar-refractivity contribution < 1.29 is 18.4 Å². The first-order chi connectivity index (χ1) is 8.49. The summed E-state index contributed by atoms with van der Waals surface area (Å²) in [5, 5.41) is 2.57. The summed E-state index contributed by atoms with van der Waals surface area (Å²) in [6.07, 6.45) is 0. The lowest BCUT2D eigenvalue weighted by molar-refractivity contribution is -0.123. The van der Waals surface area contributed by atoms with E-state index in [9.17, 15) is 18.4 Å². The van der Waals surface area contributed by atoms with Crippen LogP contribution in [0.15, 0.2) is 12.1 Å². The second-order valence-corrected chi connectivity index (χ2v) is 4.16. The van der Waals surface area contributed by atoms with Gasteiger partial charge in [0.15, 0.2) is 0 Å². The van der Waals surface area contributed by atoms with E-state index in [1.54, 1.807) is 0 Å². The number of aryl methyl sites for hydroxylation is 1. The van der Waals surface area contributed by atoms with Crippen molar-refractivity contribution >= 4 is 11.8 Å². The Labute approximate surface area is 103 Å². The lowest BCUT2D eigenvalue weighted by atomic mass is 10.1. The molecule has 1 saturated heterocycles. The summed E-state index contributed by atoms with van der Waals surface area (Å²) in [5.41, 5.74) is -0.00943. The predicted octanol–water partition coefficient (Wildman–Crippen LogP) is 0.845. The molecule has 1 fully saturated rings. The fourth-order valence-corrected chi connectivity index (χ4v) is 1.80. The standard InChI is InChI=1S/C12H12F2N2O2/c1-7-4-8(10(14)5-9(7)13)12(18)16-3-2-15-11(17)6-16/h4-5H,2-3,6H2,1H3,(H,15,17). The number of piperazine rings is 1. The van der Waals surface area contributed by atoms with Crippen LogP contribution in [-0.4, -0.2) is 36.3 Å². The molecule has 1 aliphatic heterocycles. The van der Waals surface area contributed by atoms with Crippen molar-refractivity contribution in [3.63, 3.8) is 0 Å². The molecule has 1 aromatic carbocycles. The van der Waals surface area contributed by atoms with Crippen LogP contribution in [0.4, 0.5) is 8.78 Å². The molecule has 0 bridgehead atoms. The highest BCUT2D eigenvalue weighted by Crippen LogP contribution is 2.16. The number of benzene rings is 1. The summed E-state index contributed by atoms with van der Waals surface area (Å²) < 4.78 is 26.6. The van der Waals surface area contributed by atoms with Crippen LogP contribution in [0.3, 0.4) is 0 Å². The second kappa shape index (κ2) is 4.72. The topological polar surface area (TPSA) is 49.4 Å². The van der Waals surface area contributed by atoms with Gasteiger partial charge in [0.25, 0.3) is 5.91 Å². The number of nitrogens with zero attached hydrogens (tertiary/aromatic N) is 1. The first-order valence-corrected chi connectivity index (χ1v) is 5.50. The molecule has 18 heavy (non-hydrogen) atoms. The molecule has 0 radical (unpaired) electrons. The zero-order chi connectivity index (χ0) is 13.3. The van der Waals surface area contributed by atoms with Crippen LogP contribution in [0.1, 0.15) is 15.9 Å². The molecule has 96 valence electrons. The van der Waals surface area contributed by atoms with E-state index in [1.807, 2.05) is 0 Å². The lowest BCUT2D eigenvalue weighted by Crippen LogP contribution is -2.50. The number of amides is 2. The van der Waals surface area contributed by atoms with Crippen LogP contribution in [0, 0.1) is 18.6 Å². The number of nitrogens with one attached hydrogen (secondary N) is 1. The van der Waals surface area contributed by atoms with Crippen LogP contribution >= 0.6 is 0 Å². The van der Waals surface area contributed by atoms with Gasteiger partial charge < -0.3 is 10.2 Å². The van der Waals surface area contributed by atoms with Crippen LogP contribution in [0.25, 0.3) is 0 Å². The molecule has 4 nitrogen and oxygen atoms in total.